The van der Waals surface area contributed by atoms with Gasteiger partial charge in [-0.2, -0.15) is 0 Å². The summed E-state index contributed by atoms with van der Waals surface area (Å²) in [6.45, 7) is 2.59. The lowest BCUT2D eigenvalue weighted by Gasteiger charge is -2.32. The van der Waals surface area contributed by atoms with Gasteiger partial charge in [-0.15, -0.1) is 12.4 Å². The second-order valence-corrected chi connectivity index (χ2v) is 9.46. The van der Waals surface area contributed by atoms with E-state index in [-0.39, 0.29) is 31.3 Å². The Morgan fingerprint density at radius 3 is 2.68 bits per heavy atom. The number of benzene rings is 1. The van der Waals surface area contributed by atoms with E-state index in [1.165, 1.54) is 12.0 Å². The first-order valence-corrected chi connectivity index (χ1v) is 11.5. The zero-order valence-corrected chi connectivity index (χ0v) is 18.2. The monoisotopic (exact) mass is 429 g/mol. The van der Waals surface area contributed by atoms with E-state index in [9.17, 15) is 13.2 Å². The maximum absolute atomic E-state index is 12.6. The standard InChI is InChI=1S/C20H31N3O3S.ClH/c1-21-14-16-5-4-12-23(15-16)20(24)10-11-22-27(25,26)19-9-8-17-6-2-3-7-18(17)13-19;/h8-9,13,16,21-22H,2-7,10-12,14-15H2,1H3;1H. The second kappa shape index (κ2) is 10.6. The number of hydrogen-bond acceptors (Lipinski definition) is 4. The van der Waals surface area contributed by atoms with Gasteiger partial charge in [-0.25, -0.2) is 13.1 Å². The summed E-state index contributed by atoms with van der Waals surface area (Å²) < 4.78 is 27.7. The van der Waals surface area contributed by atoms with Crippen molar-refractivity contribution in [3.63, 3.8) is 0 Å². The lowest BCUT2D eigenvalue weighted by Crippen LogP contribution is -2.43. The molecule has 28 heavy (non-hydrogen) atoms. The number of sulfonamides is 1. The summed E-state index contributed by atoms with van der Waals surface area (Å²) in [6.07, 6.45) is 6.61. The first kappa shape index (κ1) is 23.1. The van der Waals surface area contributed by atoms with E-state index in [4.69, 9.17) is 0 Å². The molecule has 1 fully saturated rings. The molecule has 0 saturated carbocycles. The van der Waals surface area contributed by atoms with Crippen molar-refractivity contribution < 1.29 is 13.2 Å². The van der Waals surface area contributed by atoms with Gasteiger partial charge in [0.15, 0.2) is 0 Å². The lowest BCUT2D eigenvalue weighted by molar-refractivity contribution is -0.132. The molecule has 1 unspecified atom stereocenters. The van der Waals surface area contributed by atoms with Crippen LogP contribution in [0.5, 0.6) is 0 Å². The number of fused-ring (bicyclic) bond motifs is 1. The van der Waals surface area contributed by atoms with Crippen LogP contribution in [0.3, 0.4) is 0 Å². The van der Waals surface area contributed by atoms with Gasteiger partial charge in [-0.3, -0.25) is 4.79 Å². The third-order valence-electron chi connectivity index (χ3n) is 5.63. The SMILES string of the molecule is CNCC1CCCN(C(=O)CCNS(=O)(=O)c2ccc3c(c2)CCCC3)C1.Cl. The number of carbonyl (C=O) groups excluding carboxylic acids is 1. The molecule has 0 spiro atoms. The van der Waals surface area contributed by atoms with Gasteiger partial charge in [0.05, 0.1) is 4.90 Å². The Morgan fingerprint density at radius 2 is 1.93 bits per heavy atom. The molecule has 3 rings (SSSR count). The predicted octanol–water partition coefficient (Wildman–Crippen LogP) is 2.11. The highest BCUT2D eigenvalue weighted by Crippen LogP contribution is 2.24. The summed E-state index contributed by atoms with van der Waals surface area (Å²) >= 11 is 0. The molecule has 1 amide bonds. The summed E-state index contributed by atoms with van der Waals surface area (Å²) in [5.41, 5.74) is 2.40. The van der Waals surface area contributed by atoms with Crippen LogP contribution in [0.1, 0.15) is 43.2 Å². The van der Waals surface area contributed by atoms with E-state index in [0.717, 1.165) is 57.3 Å². The molecule has 1 aliphatic carbocycles. The van der Waals surface area contributed by atoms with Crippen LogP contribution >= 0.6 is 12.4 Å². The zero-order chi connectivity index (χ0) is 19.3. The van der Waals surface area contributed by atoms with Crippen molar-refractivity contribution in [2.24, 2.45) is 5.92 Å². The number of likely N-dealkylation sites (tertiary alicyclic amines) is 1. The smallest absolute Gasteiger partial charge is 0.240 e. The number of nitrogens with one attached hydrogen (secondary N) is 2. The van der Waals surface area contributed by atoms with Crippen LogP contribution < -0.4 is 10.0 Å². The minimum Gasteiger partial charge on any atom is -0.342 e. The first-order chi connectivity index (χ1) is 13.0. The number of halogens is 1. The van der Waals surface area contributed by atoms with Gasteiger partial charge >= 0.3 is 0 Å². The minimum absolute atomic E-state index is 0. The average molecular weight is 430 g/mol. The Morgan fingerprint density at radius 1 is 1.18 bits per heavy atom. The molecule has 2 aliphatic rings. The van der Waals surface area contributed by atoms with Crippen LogP contribution in [0.2, 0.25) is 0 Å². The number of nitrogens with zero attached hydrogens (tertiary/aromatic N) is 1. The molecule has 158 valence electrons. The third-order valence-corrected chi connectivity index (χ3v) is 7.08. The Hall–Kier alpha value is -1.15. The molecule has 0 bridgehead atoms. The molecule has 0 aromatic heterocycles. The summed E-state index contributed by atoms with van der Waals surface area (Å²) in [6, 6.07) is 5.41. The number of amides is 1. The zero-order valence-electron chi connectivity index (χ0n) is 16.6. The Kier molecular flexibility index (Phi) is 8.74. The topological polar surface area (TPSA) is 78.5 Å². The maximum Gasteiger partial charge on any atom is 0.240 e. The molecular weight excluding hydrogens is 398 g/mol. The normalized spacial score (nSPS) is 19.6. The van der Waals surface area contributed by atoms with E-state index in [2.05, 4.69) is 10.0 Å². The van der Waals surface area contributed by atoms with Crippen molar-refractivity contribution in [3.8, 4) is 0 Å². The van der Waals surface area contributed by atoms with E-state index in [1.807, 2.05) is 18.0 Å². The summed E-state index contributed by atoms with van der Waals surface area (Å²) in [7, 11) is -1.64. The van der Waals surface area contributed by atoms with E-state index < -0.39 is 10.0 Å². The average Bonchev–Trinajstić information content (AvgIpc) is 2.68. The van der Waals surface area contributed by atoms with Crippen molar-refractivity contribution >= 4 is 28.3 Å². The molecular formula is C20H32ClN3O3S. The van der Waals surface area contributed by atoms with Gasteiger partial charge < -0.3 is 10.2 Å². The molecule has 8 heteroatoms. The van der Waals surface area contributed by atoms with Gasteiger partial charge in [-0.1, -0.05) is 6.07 Å². The molecule has 1 aliphatic heterocycles. The first-order valence-electron chi connectivity index (χ1n) is 10.0. The van der Waals surface area contributed by atoms with Gasteiger partial charge in [0, 0.05) is 26.1 Å². The molecule has 1 aromatic rings. The molecule has 0 radical (unpaired) electrons. The predicted molar refractivity (Wildman–Crippen MR) is 113 cm³/mol. The molecule has 1 atom stereocenters. The summed E-state index contributed by atoms with van der Waals surface area (Å²) in [4.78, 5) is 14.6. The van der Waals surface area contributed by atoms with Crippen molar-refractivity contribution in [2.45, 2.75) is 49.8 Å². The number of hydrogen-bond donors (Lipinski definition) is 2. The van der Waals surface area contributed by atoms with Crippen LogP contribution in [-0.2, 0) is 27.7 Å². The highest BCUT2D eigenvalue weighted by molar-refractivity contribution is 7.89. The van der Waals surface area contributed by atoms with E-state index in [1.54, 1.807) is 12.1 Å². The minimum atomic E-state index is -3.57. The number of carbonyl (C=O) groups is 1. The fraction of sp³-hybridized carbons (Fsp3) is 0.650. The highest BCUT2D eigenvalue weighted by Gasteiger charge is 2.23. The van der Waals surface area contributed by atoms with E-state index >= 15 is 0 Å². The van der Waals surface area contributed by atoms with E-state index in [0.29, 0.717) is 10.8 Å². The van der Waals surface area contributed by atoms with Gasteiger partial charge in [0.2, 0.25) is 15.9 Å². The lowest BCUT2D eigenvalue weighted by atomic mass is 9.92. The van der Waals surface area contributed by atoms with Gasteiger partial charge in [-0.05, 0) is 81.3 Å². The quantitative estimate of drug-likeness (QED) is 0.695. The van der Waals surface area contributed by atoms with Gasteiger partial charge in [0.1, 0.15) is 0 Å². The van der Waals surface area contributed by atoms with Crippen LogP contribution in [-0.4, -0.2) is 52.5 Å². The fourth-order valence-electron chi connectivity index (χ4n) is 4.16. The van der Waals surface area contributed by atoms with Crippen LogP contribution in [0.25, 0.3) is 0 Å². The molecule has 1 heterocycles. The summed E-state index contributed by atoms with van der Waals surface area (Å²) in [5, 5.41) is 3.17. The fourth-order valence-corrected chi connectivity index (χ4v) is 5.24. The van der Waals surface area contributed by atoms with Crippen molar-refractivity contribution in [3.05, 3.63) is 29.3 Å². The maximum atomic E-state index is 12.6. The number of aryl methyl sites for hydroxylation is 2. The number of rotatable bonds is 7. The third kappa shape index (κ3) is 5.92. The molecule has 6 nitrogen and oxygen atoms in total. The molecule has 1 saturated heterocycles. The van der Waals surface area contributed by atoms with Gasteiger partial charge in [0.25, 0.3) is 0 Å². The van der Waals surface area contributed by atoms with Crippen molar-refractivity contribution in [1.82, 2.24) is 14.9 Å². The van der Waals surface area contributed by atoms with Crippen LogP contribution in [0.4, 0.5) is 0 Å². The molecule has 2 N–H and O–H groups in total. The Labute approximate surface area is 174 Å². The molecule has 1 aromatic carbocycles. The van der Waals surface area contributed by atoms with Crippen LogP contribution in [0.15, 0.2) is 23.1 Å². The van der Waals surface area contributed by atoms with Crippen molar-refractivity contribution in [1.29, 1.82) is 0 Å². The van der Waals surface area contributed by atoms with Crippen molar-refractivity contribution in [2.75, 3.05) is 33.2 Å². The highest BCUT2D eigenvalue weighted by atomic mass is 35.5. The van der Waals surface area contributed by atoms with Crippen LogP contribution in [0, 0.1) is 5.92 Å². The Balaban J connectivity index is 0.00000280. The largest absolute Gasteiger partial charge is 0.342 e. The summed E-state index contributed by atoms with van der Waals surface area (Å²) in [5.74, 6) is 0.517. The Bertz CT molecular complexity index is 768. The number of piperidine rings is 1. The second-order valence-electron chi connectivity index (χ2n) is 7.69.